The maximum Gasteiger partial charge on any atom is 0.286 e. The second-order valence-corrected chi connectivity index (χ2v) is 5.74. The minimum atomic E-state index is -0.365. The minimum absolute atomic E-state index is 0.264. The van der Waals surface area contributed by atoms with Crippen molar-refractivity contribution >= 4 is 51.3 Å². The maximum atomic E-state index is 12.0. The van der Waals surface area contributed by atoms with Gasteiger partial charge in [-0.3, -0.25) is 4.79 Å². The summed E-state index contributed by atoms with van der Waals surface area (Å²) in [6.07, 6.45) is 0.971. The third-order valence-electron chi connectivity index (χ3n) is 2.32. The van der Waals surface area contributed by atoms with Gasteiger partial charge in [0.15, 0.2) is 0 Å². The third-order valence-corrected chi connectivity index (χ3v) is 3.77. The normalized spacial score (nSPS) is 10.3. The predicted molar refractivity (Wildman–Crippen MR) is 83.1 cm³/mol. The van der Waals surface area contributed by atoms with Crippen molar-refractivity contribution < 1.29 is 4.79 Å². The van der Waals surface area contributed by atoms with E-state index in [0.717, 1.165) is 13.0 Å². The number of nitrogens with one attached hydrogen (secondary N) is 2. The minimum Gasteiger partial charge on any atom is -0.360 e. The van der Waals surface area contributed by atoms with E-state index in [-0.39, 0.29) is 10.9 Å². The molecule has 0 saturated carbocycles. The van der Waals surface area contributed by atoms with Crippen molar-refractivity contribution in [3.8, 4) is 0 Å². The van der Waals surface area contributed by atoms with Crippen LogP contribution in [-0.4, -0.2) is 22.6 Å². The second kappa shape index (κ2) is 6.88. The van der Waals surface area contributed by atoms with Gasteiger partial charge in [0.1, 0.15) is 0 Å². The van der Waals surface area contributed by atoms with E-state index >= 15 is 0 Å². The number of anilines is 2. The van der Waals surface area contributed by atoms with Crippen LogP contribution in [0.2, 0.25) is 10.0 Å². The number of aromatic nitrogens is 2. The van der Waals surface area contributed by atoms with Gasteiger partial charge in [0.25, 0.3) is 5.91 Å². The summed E-state index contributed by atoms with van der Waals surface area (Å²) in [5.41, 5.74) is 0.447. The first-order valence-corrected chi connectivity index (χ1v) is 7.51. The first-order valence-electron chi connectivity index (χ1n) is 5.94. The first kappa shape index (κ1) is 15.0. The van der Waals surface area contributed by atoms with Crippen LogP contribution >= 0.6 is 34.5 Å². The molecule has 0 atom stereocenters. The van der Waals surface area contributed by atoms with Crippen molar-refractivity contribution in [3.63, 3.8) is 0 Å². The van der Waals surface area contributed by atoms with Crippen LogP contribution in [0.3, 0.4) is 0 Å². The van der Waals surface area contributed by atoms with E-state index in [4.69, 9.17) is 23.2 Å². The van der Waals surface area contributed by atoms with E-state index in [9.17, 15) is 4.79 Å². The summed E-state index contributed by atoms with van der Waals surface area (Å²) < 4.78 is 0. The number of rotatable bonds is 5. The Morgan fingerprint density at radius 1 is 1.35 bits per heavy atom. The van der Waals surface area contributed by atoms with Gasteiger partial charge in [-0.1, -0.05) is 41.5 Å². The van der Waals surface area contributed by atoms with E-state index < -0.39 is 0 Å². The van der Waals surface area contributed by atoms with Gasteiger partial charge in [-0.05, 0) is 24.6 Å². The molecule has 8 heteroatoms. The lowest BCUT2D eigenvalue weighted by Crippen LogP contribution is -2.11. The Hall–Kier alpha value is -1.37. The Balaban J connectivity index is 2.08. The lowest BCUT2D eigenvalue weighted by atomic mass is 10.3. The van der Waals surface area contributed by atoms with Crippen LogP contribution in [0.25, 0.3) is 0 Å². The molecule has 0 aliphatic heterocycles. The van der Waals surface area contributed by atoms with Gasteiger partial charge >= 0.3 is 0 Å². The molecule has 20 heavy (non-hydrogen) atoms. The van der Waals surface area contributed by atoms with Gasteiger partial charge in [0.2, 0.25) is 10.1 Å². The number of benzene rings is 1. The van der Waals surface area contributed by atoms with Gasteiger partial charge in [0.05, 0.1) is 10.7 Å². The molecule has 2 aromatic rings. The van der Waals surface area contributed by atoms with E-state index in [0.29, 0.717) is 20.9 Å². The molecule has 1 aromatic carbocycles. The van der Waals surface area contributed by atoms with Crippen LogP contribution in [0.5, 0.6) is 0 Å². The van der Waals surface area contributed by atoms with E-state index in [2.05, 4.69) is 20.8 Å². The van der Waals surface area contributed by atoms with Crippen molar-refractivity contribution in [3.05, 3.63) is 33.3 Å². The predicted octanol–water partition coefficient (Wildman–Crippen LogP) is 3.92. The summed E-state index contributed by atoms with van der Waals surface area (Å²) in [4.78, 5) is 12.0. The standard InChI is InChI=1S/C12H12Cl2N4OS/c1-2-5-15-12-18-17-11(20-12)10(19)16-9-6-7(13)3-4-8(9)14/h3-4,6H,2,5H2,1H3,(H,15,18)(H,16,19). The average Bonchev–Trinajstić information content (AvgIpc) is 2.89. The highest BCUT2D eigenvalue weighted by Crippen LogP contribution is 2.26. The molecule has 0 fully saturated rings. The molecule has 1 amide bonds. The van der Waals surface area contributed by atoms with Gasteiger partial charge in [0, 0.05) is 11.6 Å². The number of carbonyl (C=O) groups excluding carboxylic acids is 1. The lowest BCUT2D eigenvalue weighted by molar-refractivity contribution is 0.102. The Kier molecular flexibility index (Phi) is 5.17. The molecule has 0 aliphatic rings. The zero-order chi connectivity index (χ0) is 14.5. The topological polar surface area (TPSA) is 66.9 Å². The van der Waals surface area contributed by atoms with Crippen LogP contribution in [0, 0.1) is 0 Å². The molecule has 1 heterocycles. The first-order chi connectivity index (χ1) is 9.60. The zero-order valence-corrected chi connectivity index (χ0v) is 12.9. The summed E-state index contributed by atoms with van der Waals surface area (Å²) in [5, 5.41) is 15.3. The molecule has 0 aliphatic carbocycles. The van der Waals surface area contributed by atoms with Crippen molar-refractivity contribution in [2.75, 3.05) is 17.2 Å². The number of halogens is 2. The summed E-state index contributed by atoms with van der Waals surface area (Å²) in [6, 6.07) is 4.85. The molecule has 0 saturated heterocycles. The summed E-state index contributed by atoms with van der Waals surface area (Å²) in [7, 11) is 0. The van der Waals surface area contributed by atoms with Crippen LogP contribution in [-0.2, 0) is 0 Å². The maximum absolute atomic E-state index is 12.0. The van der Waals surface area contributed by atoms with Gasteiger partial charge in [-0.2, -0.15) is 0 Å². The van der Waals surface area contributed by atoms with Crippen molar-refractivity contribution in [1.82, 2.24) is 10.2 Å². The Morgan fingerprint density at radius 2 is 2.15 bits per heavy atom. The molecule has 106 valence electrons. The Labute approximate surface area is 130 Å². The van der Waals surface area contributed by atoms with Crippen molar-refractivity contribution in [2.45, 2.75) is 13.3 Å². The molecule has 2 N–H and O–H groups in total. The fourth-order valence-electron chi connectivity index (χ4n) is 1.39. The van der Waals surface area contributed by atoms with Gasteiger partial charge in [-0.15, -0.1) is 10.2 Å². The Bertz CT molecular complexity index is 617. The van der Waals surface area contributed by atoms with Crippen LogP contribution in [0.15, 0.2) is 18.2 Å². The van der Waals surface area contributed by atoms with Crippen LogP contribution in [0.1, 0.15) is 23.1 Å². The lowest BCUT2D eigenvalue weighted by Gasteiger charge is -2.05. The van der Waals surface area contributed by atoms with Crippen molar-refractivity contribution in [2.24, 2.45) is 0 Å². The molecule has 0 unspecified atom stereocenters. The number of carbonyl (C=O) groups is 1. The molecular formula is C12H12Cl2N4OS. The number of nitrogens with zero attached hydrogens (tertiary/aromatic N) is 2. The molecular weight excluding hydrogens is 319 g/mol. The van der Waals surface area contributed by atoms with Crippen LogP contribution < -0.4 is 10.6 Å². The molecule has 0 radical (unpaired) electrons. The van der Waals surface area contributed by atoms with E-state index in [1.807, 2.05) is 6.92 Å². The highest BCUT2D eigenvalue weighted by molar-refractivity contribution is 7.17. The van der Waals surface area contributed by atoms with Gasteiger partial charge in [-0.25, -0.2) is 0 Å². The van der Waals surface area contributed by atoms with Crippen LogP contribution in [0.4, 0.5) is 10.8 Å². The summed E-state index contributed by atoms with van der Waals surface area (Å²) in [6.45, 7) is 2.83. The smallest absolute Gasteiger partial charge is 0.286 e. The fourth-order valence-corrected chi connectivity index (χ4v) is 2.39. The third kappa shape index (κ3) is 3.82. The van der Waals surface area contributed by atoms with E-state index in [1.54, 1.807) is 18.2 Å². The van der Waals surface area contributed by atoms with Crippen molar-refractivity contribution in [1.29, 1.82) is 0 Å². The monoisotopic (exact) mass is 330 g/mol. The Morgan fingerprint density at radius 3 is 2.90 bits per heavy atom. The molecule has 1 aromatic heterocycles. The summed E-state index contributed by atoms with van der Waals surface area (Å²) >= 11 is 13.0. The highest BCUT2D eigenvalue weighted by Gasteiger charge is 2.14. The van der Waals surface area contributed by atoms with E-state index in [1.165, 1.54) is 11.3 Å². The number of amides is 1. The molecule has 0 bridgehead atoms. The summed E-state index contributed by atoms with van der Waals surface area (Å²) in [5.74, 6) is -0.365. The zero-order valence-electron chi connectivity index (χ0n) is 10.6. The largest absolute Gasteiger partial charge is 0.360 e. The average molecular weight is 331 g/mol. The quantitative estimate of drug-likeness (QED) is 0.871. The molecule has 2 rings (SSSR count). The highest BCUT2D eigenvalue weighted by atomic mass is 35.5. The SMILES string of the molecule is CCCNc1nnc(C(=O)Nc2cc(Cl)ccc2Cl)s1. The second-order valence-electron chi connectivity index (χ2n) is 3.92. The number of hydrogen-bond donors (Lipinski definition) is 2. The molecule has 5 nitrogen and oxygen atoms in total. The van der Waals surface area contributed by atoms with Gasteiger partial charge < -0.3 is 10.6 Å². The number of hydrogen-bond acceptors (Lipinski definition) is 5. The molecule has 0 spiro atoms. The fraction of sp³-hybridized carbons (Fsp3) is 0.250.